The number of nitrogens with zero attached hydrogens (tertiary/aromatic N) is 1. The molecule has 2 unspecified atom stereocenters. The molecule has 0 bridgehead atoms. The van der Waals surface area contributed by atoms with Crippen molar-refractivity contribution in [2.75, 3.05) is 6.61 Å². The molecule has 0 saturated carbocycles. The number of aliphatic hydroxyl groups is 1. The molecule has 1 amide bonds. The predicted octanol–water partition coefficient (Wildman–Crippen LogP) is 4.62. The van der Waals surface area contributed by atoms with Crippen LogP contribution >= 0.6 is 0 Å². The van der Waals surface area contributed by atoms with Gasteiger partial charge < -0.3 is 23.9 Å². The highest BCUT2D eigenvalue weighted by Crippen LogP contribution is 2.41. The van der Waals surface area contributed by atoms with Crippen molar-refractivity contribution in [2.45, 2.75) is 39.0 Å². The van der Waals surface area contributed by atoms with Crippen LogP contribution in [0.2, 0.25) is 0 Å². The lowest BCUT2D eigenvalue weighted by molar-refractivity contribution is -0.140. The number of carbonyl (C=O) groups excluding carboxylic acids is 2. The first-order chi connectivity index (χ1) is 16.5. The molecule has 0 spiro atoms. The largest absolute Gasteiger partial charge is 0.507 e. The number of benzene rings is 2. The lowest BCUT2D eigenvalue weighted by atomic mass is 9.94. The molecule has 7 heteroatoms. The molecule has 1 aromatic heterocycles. The summed E-state index contributed by atoms with van der Waals surface area (Å²) in [4.78, 5) is 27.7. The number of amides is 1. The molecule has 2 atom stereocenters. The van der Waals surface area contributed by atoms with Gasteiger partial charge in [0.15, 0.2) is 0 Å². The Kier molecular flexibility index (Phi) is 5.61. The normalized spacial score (nSPS) is 20.9. The third-order valence-corrected chi connectivity index (χ3v) is 6.12. The topological polar surface area (TPSA) is 89.2 Å². The molecule has 2 aliphatic heterocycles. The summed E-state index contributed by atoms with van der Waals surface area (Å²) in [6.07, 6.45) is 2.28. The fourth-order valence-corrected chi connectivity index (χ4v) is 4.60. The Morgan fingerprint density at radius 3 is 2.65 bits per heavy atom. The van der Waals surface area contributed by atoms with E-state index in [2.05, 4.69) is 0 Å². The summed E-state index contributed by atoms with van der Waals surface area (Å²) < 4.78 is 16.7. The molecule has 34 heavy (non-hydrogen) atoms. The van der Waals surface area contributed by atoms with Crippen LogP contribution in [0.3, 0.4) is 0 Å². The lowest BCUT2D eigenvalue weighted by Crippen LogP contribution is -2.29. The molecule has 7 nitrogen and oxygen atoms in total. The van der Waals surface area contributed by atoms with Crippen LogP contribution in [-0.2, 0) is 22.6 Å². The molecule has 174 valence electrons. The van der Waals surface area contributed by atoms with Crippen LogP contribution in [0.1, 0.15) is 42.3 Å². The number of carbonyl (C=O) groups is 2. The lowest BCUT2D eigenvalue weighted by Gasteiger charge is -2.24. The van der Waals surface area contributed by atoms with Gasteiger partial charge in [-0.1, -0.05) is 12.1 Å². The summed E-state index contributed by atoms with van der Waals surface area (Å²) in [5.74, 6) is 0.374. The predicted molar refractivity (Wildman–Crippen MR) is 124 cm³/mol. The Bertz CT molecular complexity index is 1260. The van der Waals surface area contributed by atoms with Crippen LogP contribution in [0, 0.1) is 0 Å². The quantitative estimate of drug-likeness (QED) is 0.329. The van der Waals surface area contributed by atoms with Crippen LogP contribution in [0.5, 0.6) is 11.5 Å². The molecule has 0 radical (unpaired) electrons. The second-order valence-corrected chi connectivity index (χ2v) is 8.46. The zero-order valence-corrected chi connectivity index (χ0v) is 19.0. The van der Waals surface area contributed by atoms with E-state index < -0.39 is 17.7 Å². The molecule has 5 rings (SSSR count). The van der Waals surface area contributed by atoms with Gasteiger partial charge in [-0.15, -0.1) is 0 Å². The van der Waals surface area contributed by atoms with E-state index in [9.17, 15) is 14.7 Å². The van der Waals surface area contributed by atoms with Gasteiger partial charge in [0, 0.05) is 12.0 Å². The van der Waals surface area contributed by atoms with Crippen molar-refractivity contribution in [1.29, 1.82) is 0 Å². The number of furan rings is 1. The first-order valence-electron chi connectivity index (χ1n) is 11.3. The molecule has 2 aromatic carbocycles. The highest BCUT2D eigenvalue weighted by Gasteiger charge is 2.46. The van der Waals surface area contributed by atoms with Crippen LogP contribution in [0.4, 0.5) is 0 Å². The molecule has 1 N–H and O–H groups in total. The number of likely N-dealkylation sites (tertiary alicyclic amines) is 1. The number of hydrogen-bond donors (Lipinski definition) is 1. The minimum atomic E-state index is -0.774. The molecule has 1 saturated heterocycles. The van der Waals surface area contributed by atoms with Crippen molar-refractivity contribution in [3.63, 3.8) is 0 Å². The Morgan fingerprint density at radius 1 is 1.15 bits per heavy atom. The van der Waals surface area contributed by atoms with E-state index in [0.29, 0.717) is 35.7 Å². The number of rotatable bonds is 6. The second kappa shape index (κ2) is 8.74. The number of hydrogen-bond acceptors (Lipinski definition) is 6. The molecular weight excluding hydrogens is 434 g/mol. The average molecular weight is 459 g/mol. The highest BCUT2D eigenvalue weighted by molar-refractivity contribution is 6.46. The van der Waals surface area contributed by atoms with Crippen LogP contribution in [0.15, 0.2) is 70.9 Å². The standard InChI is InChI=1S/C27H25NO6/c1-3-32-20-9-6-17(7-10-20)24-23(26(30)27(31)28(24)15-21-5-4-12-33-21)25(29)18-8-11-22-19(14-18)13-16(2)34-22/h4-12,14,16,24,29H,3,13,15H2,1-2H3/b25-23-. The van der Waals surface area contributed by atoms with Crippen LogP contribution in [0.25, 0.3) is 5.76 Å². The molecule has 0 aliphatic carbocycles. The maximum Gasteiger partial charge on any atom is 0.296 e. The maximum atomic E-state index is 13.2. The number of Topliss-reactive ketones (excluding diaryl/α,β-unsaturated/α-hetero) is 1. The summed E-state index contributed by atoms with van der Waals surface area (Å²) in [7, 11) is 0. The van der Waals surface area contributed by atoms with E-state index in [1.54, 1.807) is 36.4 Å². The molecule has 2 aliphatic rings. The SMILES string of the molecule is CCOc1ccc(C2/C(=C(/O)c3ccc4c(c3)CC(C)O4)C(=O)C(=O)N2Cc2ccco2)cc1. The van der Waals surface area contributed by atoms with Crippen LogP contribution in [-0.4, -0.2) is 34.4 Å². The second-order valence-electron chi connectivity index (χ2n) is 8.46. The summed E-state index contributed by atoms with van der Waals surface area (Å²) in [5, 5.41) is 11.3. The van der Waals surface area contributed by atoms with E-state index in [4.69, 9.17) is 13.9 Å². The fraction of sp³-hybridized carbons (Fsp3) is 0.259. The van der Waals surface area contributed by atoms with E-state index >= 15 is 0 Å². The number of fused-ring (bicyclic) bond motifs is 1. The molecule has 1 fully saturated rings. The summed E-state index contributed by atoms with van der Waals surface area (Å²) >= 11 is 0. The molecular formula is C27H25NO6. The van der Waals surface area contributed by atoms with Crippen LogP contribution < -0.4 is 9.47 Å². The van der Waals surface area contributed by atoms with Gasteiger partial charge in [-0.3, -0.25) is 9.59 Å². The highest BCUT2D eigenvalue weighted by atomic mass is 16.5. The van der Waals surface area contributed by atoms with Gasteiger partial charge in [0.2, 0.25) is 0 Å². The summed E-state index contributed by atoms with van der Waals surface area (Å²) in [5.41, 5.74) is 2.17. The fourth-order valence-electron chi connectivity index (χ4n) is 4.60. The van der Waals surface area contributed by atoms with E-state index in [-0.39, 0.29) is 24.0 Å². The van der Waals surface area contributed by atoms with E-state index in [1.165, 1.54) is 11.2 Å². The Balaban J connectivity index is 1.60. The number of ketones is 1. The minimum Gasteiger partial charge on any atom is -0.507 e. The zero-order valence-electron chi connectivity index (χ0n) is 19.0. The van der Waals surface area contributed by atoms with E-state index in [0.717, 1.165) is 11.3 Å². The van der Waals surface area contributed by atoms with Gasteiger partial charge in [-0.2, -0.15) is 0 Å². The summed E-state index contributed by atoms with van der Waals surface area (Å²) in [6.45, 7) is 4.50. The van der Waals surface area contributed by atoms with Crippen molar-refractivity contribution >= 4 is 17.4 Å². The van der Waals surface area contributed by atoms with Gasteiger partial charge in [0.1, 0.15) is 29.1 Å². The van der Waals surface area contributed by atoms with Gasteiger partial charge in [0.05, 0.1) is 31.0 Å². The first kappa shape index (κ1) is 21.8. The summed E-state index contributed by atoms with van der Waals surface area (Å²) in [6, 6.07) is 15.2. The van der Waals surface area contributed by atoms with Gasteiger partial charge in [-0.05, 0) is 67.4 Å². The van der Waals surface area contributed by atoms with Crippen molar-refractivity contribution in [1.82, 2.24) is 4.90 Å². The Labute approximate surface area is 197 Å². The first-order valence-corrected chi connectivity index (χ1v) is 11.3. The monoisotopic (exact) mass is 459 g/mol. The van der Waals surface area contributed by atoms with Crippen molar-refractivity contribution in [2.24, 2.45) is 0 Å². The Morgan fingerprint density at radius 2 is 1.94 bits per heavy atom. The third-order valence-electron chi connectivity index (χ3n) is 6.12. The maximum absolute atomic E-state index is 13.2. The number of aliphatic hydroxyl groups excluding tert-OH is 1. The zero-order chi connectivity index (χ0) is 23.8. The molecule has 3 heterocycles. The number of ether oxygens (including phenoxy) is 2. The van der Waals surface area contributed by atoms with Gasteiger partial charge >= 0.3 is 0 Å². The third kappa shape index (κ3) is 3.83. The van der Waals surface area contributed by atoms with E-state index in [1.807, 2.05) is 32.0 Å². The Hall–Kier alpha value is -4.00. The average Bonchev–Trinajstić information content (AvgIpc) is 3.53. The van der Waals surface area contributed by atoms with Crippen molar-refractivity contribution in [3.8, 4) is 11.5 Å². The molecule has 3 aromatic rings. The van der Waals surface area contributed by atoms with Crippen molar-refractivity contribution in [3.05, 3.63) is 88.9 Å². The van der Waals surface area contributed by atoms with Crippen molar-refractivity contribution < 1.29 is 28.6 Å². The van der Waals surface area contributed by atoms with Gasteiger partial charge in [-0.25, -0.2) is 0 Å². The minimum absolute atomic E-state index is 0.0487. The van der Waals surface area contributed by atoms with Gasteiger partial charge in [0.25, 0.3) is 11.7 Å². The smallest absolute Gasteiger partial charge is 0.296 e.